The monoisotopic (exact) mass is 155 g/mol. The minimum Gasteiger partial charge on any atom is -0.288 e. The molecule has 0 amide bonds. The first-order chi connectivity index (χ1) is 5.38. The molecule has 2 saturated heterocycles. The molecule has 0 atom stereocenters. The van der Waals surface area contributed by atoms with Crippen LogP contribution < -0.4 is 0 Å². The Morgan fingerprint density at radius 2 is 1.45 bits per heavy atom. The molecule has 3 nitrogen and oxygen atoms in total. The minimum atomic E-state index is 1.19. The Balaban J connectivity index is 1.65. The quantitative estimate of drug-likeness (QED) is 0.511. The van der Waals surface area contributed by atoms with Crippen LogP contribution in [0.15, 0.2) is 0 Å². The van der Waals surface area contributed by atoms with Gasteiger partial charge in [-0.3, -0.25) is 14.7 Å². The largest absolute Gasteiger partial charge is 0.288 e. The van der Waals surface area contributed by atoms with E-state index in [1.54, 1.807) is 0 Å². The zero-order chi connectivity index (χ0) is 7.68. The Labute approximate surface area is 68.6 Å². The summed E-state index contributed by atoms with van der Waals surface area (Å²) in [6.07, 6.45) is 0. The normalized spacial score (nSPS) is 24.5. The molecular formula is C8H17N3. The smallest absolute Gasteiger partial charge is 0.0519 e. The Bertz CT molecular complexity index is 115. The lowest BCUT2D eigenvalue weighted by Crippen LogP contribution is -2.33. The van der Waals surface area contributed by atoms with Gasteiger partial charge in [0.25, 0.3) is 0 Å². The number of hydrogen-bond acceptors (Lipinski definition) is 3. The molecule has 11 heavy (non-hydrogen) atoms. The first-order valence-corrected chi connectivity index (χ1v) is 4.55. The molecule has 2 fully saturated rings. The van der Waals surface area contributed by atoms with Crippen LogP contribution in [0.5, 0.6) is 0 Å². The topological polar surface area (TPSA) is 9.26 Å². The van der Waals surface area contributed by atoms with E-state index in [-0.39, 0.29) is 0 Å². The fourth-order valence-electron chi connectivity index (χ4n) is 1.23. The number of hydrogen-bond donors (Lipinski definition) is 0. The van der Waals surface area contributed by atoms with E-state index in [4.69, 9.17) is 0 Å². The van der Waals surface area contributed by atoms with Crippen molar-refractivity contribution in [1.82, 2.24) is 14.7 Å². The molecule has 0 bridgehead atoms. The van der Waals surface area contributed by atoms with Crippen molar-refractivity contribution < 1.29 is 0 Å². The van der Waals surface area contributed by atoms with Gasteiger partial charge in [0.05, 0.1) is 13.3 Å². The third-order valence-corrected chi connectivity index (χ3v) is 2.33. The minimum absolute atomic E-state index is 1.19. The van der Waals surface area contributed by atoms with Crippen LogP contribution in [-0.2, 0) is 0 Å². The van der Waals surface area contributed by atoms with Gasteiger partial charge in [-0.15, -0.1) is 0 Å². The van der Waals surface area contributed by atoms with Crippen molar-refractivity contribution in [2.24, 2.45) is 0 Å². The van der Waals surface area contributed by atoms with Crippen LogP contribution in [-0.4, -0.2) is 60.8 Å². The molecule has 0 saturated carbocycles. The Morgan fingerprint density at radius 3 is 1.73 bits per heavy atom. The molecule has 2 aliphatic rings. The van der Waals surface area contributed by atoms with E-state index in [1.807, 2.05) is 0 Å². The molecule has 0 unspecified atom stereocenters. The second-order valence-corrected chi connectivity index (χ2v) is 3.51. The number of rotatable bonds is 5. The van der Waals surface area contributed by atoms with E-state index in [1.165, 1.54) is 46.1 Å². The van der Waals surface area contributed by atoms with Gasteiger partial charge in [0.15, 0.2) is 0 Å². The molecule has 3 heteroatoms. The fourth-order valence-corrected chi connectivity index (χ4v) is 1.23. The van der Waals surface area contributed by atoms with E-state index in [0.717, 1.165) is 0 Å². The van der Waals surface area contributed by atoms with Crippen LogP contribution >= 0.6 is 0 Å². The van der Waals surface area contributed by atoms with Crippen molar-refractivity contribution in [2.75, 3.05) is 46.1 Å². The van der Waals surface area contributed by atoms with Crippen LogP contribution in [0, 0.1) is 0 Å². The molecule has 0 aliphatic carbocycles. The van der Waals surface area contributed by atoms with E-state index in [0.29, 0.717) is 0 Å². The van der Waals surface area contributed by atoms with E-state index >= 15 is 0 Å². The second-order valence-electron chi connectivity index (χ2n) is 3.51. The van der Waals surface area contributed by atoms with Gasteiger partial charge < -0.3 is 0 Å². The molecule has 0 N–H and O–H groups in total. The molecule has 64 valence electrons. The summed E-state index contributed by atoms with van der Waals surface area (Å²) in [5.74, 6) is 0. The highest BCUT2D eigenvalue weighted by Crippen LogP contribution is 2.09. The van der Waals surface area contributed by atoms with Gasteiger partial charge in [0, 0.05) is 26.2 Å². The third kappa shape index (κ3) is 2.43. The molecule has 2 rings (SSSR count). The maximum atomic E-state index is 2.50. The lowest BCUT2D eigenvalue weighted by molar-refractivity contribution is 0.177. The van der Waals surface area contributed by atoms with Crippen LogP contribution in [0.2, 0.25) is 0 Å². The predicted molar refractivity (Wildman–Crippen MR) is 45.3 cm³/mol. The highest BCUT2D eigenvalue weighted by molar-refractivity contribution is 4.76. The van der Waals surface area contributed by atoms with Crippen molar-refractivity contribution in [1.29, 1.82) is 0 Å². The van der Waals surface area contributed by atoms with E-state index in [2.05, 4.69) is 21.6 Å². The Hall–Kier alpha value is -0.120. The van der Waals surface area contributed by atoms with E-state index in [9.17, 15) is 0 Å². The lowest BCUT2D eigenvalue weighted by Gasteiger charge is -2.20. The molecular weight excluding hydrogens is 138 g/mol. The summed E-state index contributed by atoms with van der Waals surface area (Å²) in [6, 6.07) is 0. The zero-order valence-electron chi connectivity index (χ0n) is 7.29. The van der Waals surface area contributed by atoms with Crippen LogP contribution in [0.4, 0.5) is 0 Å². The fraction of sp³-hybridized carbons (Fsp3) is 1.00. The number of nitrogens with zero attached hydrogens (tertiary/aromatic N) is 3. The molecule has 0 aromatic rings. The summed E-state index contributed by atoms with van der Waals surface area (Å²) in [5.41, 5.74) is 0. The zero-order valence-corrected chi connectivity index (χ0v) is 7.29. The van der Waals surface area contributed by atoms with Gasteiger partial charge in [-0.1, -0.05) is 6.92 Å². The Morgan fingerprint density at radius 1 is 1.00 bits per heavy atom. The lowest BCUT2D eigenvalue weighted by atomic mass is 10.6. The average molecular weight is 155 g/mol. The van der Waals surface area contributed by atoms with Crippen molar-refractivity contribution >= 4 is 0 Å². The molecule has 0 radical (unpaired) electrons. The van der Waals surface area contributed by atoms with Crippen molar-refractivity contribution in [2.45, 2.75) is 6.92 Å². The molecule has 0 spiro atoms. The van der Waals surface area contributed by atoms with Crippen LogP contribution in [0.3, 0.4) is 0 Å². The maximum absolute atomic E-state index is 2.50. The molecule has 2 aliphatic heterocycles. The summed E-state index contributed by atoms with van der Waals surface area (Å²) in [5, 5.41) is 0. The van der Waals surface area contributed by atoms with Gasteiger partial charge in [-0.05, 0) is 6.54 Å². The summed E-state index contributed by atoms with van der Waals surface area (Å²) in [6.45, 7) is 11.1. The van der Waals surface area contributed by atoms with Crippen molar-refractivity contribution in [3.8, 4) is 0 Å². The van der Waals surface area contributed by atoms with Crippen molar-refractivity contribution in [3.63, 3.8) is 0 Å². The van der Waals surface area contributed by atoms with Crippen LogP contribution in [0.25, 0.3) is 0 Å². The SMILES string of the molecule is CCN(CN1CC1)CN1CC1. The highest BCUT2D eigenvalue weighted by atomic mass is 15.4. The summed E-state index contributed by atoms with van der Waals surface area (Å²) in [4.78, 5) is 7.43. The summed E-state index contributed by atoms with van der Waals surface area (Å²) >= 11 is 0. The molecule has 0 aromatic carbocycles. The van der Waals surface area contributed by atoms with Crippen molar-refractivity contribution in [3.05, 3.63) is 0 Å². The highest BCUT2D eigenvalue weighted by Gasteiger charge is 2.23. The predicted octanol–water partition coefficient (Wildman–Crippen LogP) is -0.146. The van der Waals surface area contributed by atoms with E-state index < -0.39 is 0 Å². The first kappa shape index (κ1) is 7.53. The Kier molecular flexibility index (Phi) is 2.11. The van der Waals surface area contributed by atoms with Gasteiger partial charge >= 0.3 is 0 Å². The standard InChI is InChI=1S/C8H17N3/c1-2-9(7-10-3-4-10)8-11-5-6-11/h2-8H2,1H3. The van der Waals surface area contributed by atoms with Gasteiger partial charge in [-0.25, -0.2) is 0 Å². The molecule has 0 aromatic heterocycles. The van der Waals surface area contributed by atoms with Crippen LogP contribution in [0.1, 0.15) is 6.92 Å². The summed E-state index contributed by atoms with van der Waals surface area (Å²) in [7, 11) is 0. The second kappa shape index (κ2) is 3.09. The third-order valence-electron chi connectivity index (χ3n) is 2.33. The summed E-state index contributed by atoms with van der Waals surface area (Å²) < 4.78 is 0. The van der Waals surface area contributed by atoms with Gasteiger partial charge in [0.2, 0.25) is 0 Å². The van der Waals surface area contributed by atoms with Gasteiger partial charge in [-0.2, -0.15) is 0 Å². The van der Waals surface area contributed by atoms with Gasteiger partial charge in [0.1, 0.15) is 0 Å². The maximum Gasteiger partial charge on any atom is 0.0519 e. The average Bonchev–Trinajstić information content (AvgIpc) is 2.78. The first-order valence-electron chi connectivity index (χ1n) is 4.55. The molecule has 2 heterocycles.